The second-order valence-electron chi connectivity index (χ2n) is 10.6. The van der Waals surface area contributed by atoms with Gasteiger partial charge in [0.1, 0.15) is 35.0 Å². The highest BCUT2D eigenvalue weighted by molar-refractivity contribution is 6.03. The van der Waals surface area contributed by atoms with E-state index in [2.05, 4.69) is 38.3 Å². The maximum absolute atomic E-state index is 11.9. The van der Waals surface area contributed by atoms with Crippen LogP contribution in [-0.4, -0.2) is 67.4 Å². The molecule has 6 rings (SSSR count). The normalized spacial score (nSPS) is 16.2. The van der Waals surface area contributed by atoms with E-state index in [1.54, 1.807) is 6.20 Å². The molecule has 2 N–H and O–H groups in total. The summed E-state index contributed by atoms with van der Waals surface area (Å²) < 4.78 is 8.06. The van der Waals surface area contributed by atoms with Gasteiger partial charge < -0.3 is 19.9 Å². The number of pyridine rings is 1. The number of ether oxygens (including phenoxy) is 1. The molecule has 2 aliphatic heterocycles. The van der Waals surface area contributed by atoms with Crippen molar-refractivity contribution in [1.82, 2.24) is 29.3 Å². The van der Waals surface area contributed by atoms with Crippen molar-refractivity contribution < 1.29 is 9.53 Å². The number of aryl methyl sites for hydroxylation is 2. The minimum Gasteiger partial charge on any atom is -0.455 e. The number of carbonyl (C=O) groups is 1. The molecule has 0 aliphatic carbocycles. The Morgan fingerprint density at radius 1 is 1.12 bits per heavy atom. The van der Waals surface area contributed by atoms with Crippen LogP contribution in [0.1, 0.15) is 24.2 Å². The van der Waals surface area contributed by atoms with Crippen LogP contribution in [-0.2, 0) is 11.8 Å². The van der Waals surface area contributed by atoms with Gasteiger partial charge in [-0.05, 0) is 61.6 Å². The highest BCUT2D eigenvalue weighted by atomic mass is 16.5. The van der Waals surface area contributed by atoms with Crippen molar-refractivity contribution in [3.05, 3.63) is 73.0 Å². The van der Waals surface area contributed by atoms with Gasteiger partial charge in [0.05, 0.1) is 11.1 Å². The van der Waals surface area contributed by atoms with Crippen LogP contribution in [0.3, 0.4) is 0 Å². The molecule has 0 atom stereocenters. The van der Waals surface area contributed by atoms with E-state index < -0.39 is 0 Å². The van der Waals surface area contributed by atoms with E-state index in [-0.39, 0.29) is 11.8 Å². The molecular formula is C32H33N7O2. The van der Waals surface area contributed by atoms with Gasteiger partial charge in [0.25, 0.3) is 0 Å². The minimum atomic E-state index is 0.0256. The summed E-state index contributed by atoms with van der Waals surface area (Å²) in [6.45, 7) is 8.98. The zero-order valence-corrected chi connectivity index (χ0v) is 23.4. The van der Waals surface area contributed by atoms with Crippen molar-refractivity contribution in [2.24, 2.45) is 13.0 Å². The van der Waals surface area contributed by atoms with E-state index >= 15 is 0 Å². The zero-order chi connectivity index (χ0) is 28.5. The number of benzene rings is 1. The zero-order valence-electron chi connectivity index (χ0n) is 23.4. The highest BCUT2D eigenvalue weighted by Crippen LogP contribution is 2.37. The van der Waals surface area contributed by atoms with Crippen molar-refractivity contribution in [3.63, 3.8) is 0 Å². The summed E-state index contributed by atoms with van der Waals surface area (Å²) in [6, 6.07) is 12.2. The molecule has 0 spiro atoms. The number of carbonyl (C=O) groups excluding carboxylic acids is 1. The number of hydrogen-bond acceptors (Lipinski definition) is 7. The first kappa shape index (κ1) is 26.5. The van der Waals surface area contributed by atoms with E-state index in [0.29, 0.717) is 11.9 Å². The van der Waals surface area contributed by atoms with Gasteiger partial charge in [0.15, 0.2) is 0 Å². The summed E-state index contributed by atoms with van der Waals surface area (Å²) in [5, 5.41) is 0.798. The summed E-state index contributed by atoms with van der Waals surface area (Å²) in [7, 11) is 1.97. The van der Waals surface area contributed by atoms with Gasteiger partial charge in [-0.2, -0.15) is 0 Å². The van der Waals surface area contributed by atoms with Gasteiger partial charge in [0, 0.05) is 56.9 Å². The molecule has 5 heterocycles. The molecule has 41 heavy (non-hydrogen) atoms. The summed E-state index contributed by atoms with van der Waals surface area (Å²) in [6.07, 6.45) is 6.63. The molecule has 9 heteroatoms. The maximum atomic E-state index is 11.9. The van der Waals surface area contributed by atoms with E-state index in [0.717, 1.165) is 84.1 Å². The number of fused-ring (bicyclic) bond motifs is 1. The van der Waals surface area contributed by atoms with Crippen LogP contribution < -0.4 is 10.5 Å². The quantitative estimate of drug-likeness (QED) is 0.296. The molecule has 208 valence electrons. The molecule has 2 saturated heterocycles. The summed E-state index contributed by atoms with van der Waals surface area (Å²) in [5.74, 6) is 9.17. The van der Waals surface area contributed by atoms with E-state index in [1.165, 1.54) is 12.4 Å². The van der Waals surface area contributed by atoms with Gasteiger partial charge in [-0.3, -0.25) is 14.7 Å². The van der Waals surface area contributed by atoms with Crippen molar-refractivity contribution in [2.75, 3.05) is 31.9 Å². The standard InChI is InChI=1S/C32H33N7O2/c1-4-28(40)38-16-13-24(14-17-38)39-18-22(19-39)7-12-26-29(30-31(33)35-20-36-32(30)37(26)3)23-8-10-25(11-9-23)41-27-6-5-15-34-21(27)2/h4-6,8-11,15,20,22,24H,1,13-14,16-19H2,2-3H3,(H2,33,35,36). The minimum absolute atomic E-state index is 0.0256. The molecule has 1 amide bonds. The lowest BCUT2D eigenvalue weighted by Gasteiger charge is -2.45. The van der Waals surface area contributed by atoms with Crippen LogP contribution in [0.25, 0.3) is 22.2 Å². The van der Waals surface area contributed by atoms with Crippen LogP contribution in [0.15, 0.2) is 61.6 Å². The Morgan fingerprint density at radius 3 is 2.59 bits per heavy atom. The Morgan fingerprint density at radius 2 is 1.88 bits per heavy atom. The number of nitrogens with zero attached hydrogens (tertiary/aromatic N) is 6. The average Bonchev–Trinajstić information content (AvgIpc) is 3.26. The second kappa shape index (κ2) is 11.1. The van der Waals surface area contributed by atoms with Crippen LogP contribution in [0, 0.1) is 24.7 Å². The smallest absolute Gasteiger partial charge is 0.245 e. The first-order valence-corrected chi connectivity index (χ1v) is 13.9. The fraction of sp³-hybridized carbons (Fsp3) is 0.312. The van der Waals surface area contributed by atoms with Crippen molar-refractivity contribution >= 4 is 22.8 Å². The van der Waals surface area contributed by atoms with Crippen molar-refractivity contribution in [1.29, 1.82) is 0 Å². The Kier molecular flexibility index (Phi) is 7.16. The molecule has 0 radical (unpaired) electrons. The number of hydrogen-bond donors (Lipinski definition) is 1. The number of rotatable bonds is 5. The molecule has 1 aromatic carbocycles. The summed E-state index contributed by atoms with van der Waals surface area (Å²) >= 11 is 0. The fourth-order valence-electron chi connectivity index (χ4n) is 5.75. The Hall–Kier alpha value is -4.68. The molecule has 4 aromatic rings. The molecule has 2 aliphatic rings. The molecule has 0 bridgehead atoms. The fourth-order valence-corrected chi connectivity index (χ4v) is 5.75. The lowest BCUT2D eigenvalue weighted by molar-refractivity contribution is -0.127. The number of likely N-dealkylation sites (tertiary alicyclic amines) is 2. The maximum Gasteiger partial charge on any atom is 0.245 e. The number of amides is 1. The predicted molar refractivity (Wildman–Crippen MR) is 159 cm³/mol. The lowest BCUT2D eigenvalue weighted by Crippen LogP contribution is -2.55. The molecular weight excluding hydrogens is 514 g/mol. The first-order chi connectivity index (χ1) is 19.9. The third-order valence-corrected chi connectivity index (χ3v) is 8.10. The predicted octanol–water partition coefficient (Wildman–Crippen LogP) is 4.17. The van der Waals surface area contributed by atoms with Crippen molar-refractivity contribution in [3.8, 4) is 34.5 Å². The second-order valence-corrected chi connectivity index (χ2v) is 10.6. The van der Waals surface area contributed by atoms with Crippen molar-refractivity contribution in [2.45, 2.75) is 25.8 Å². The SMILES string of the molecule is C=CC(=O)N1CCC(N2CC(C#Cc3c(-c4ccc(Oc5cccnc5C)cc4)c4c(N)ncnc4n3C)C2)CC1. The van der Waals surface area contributed by atoms with E-state index in [1.807, 2.05) is 59.8 Å². The molecule has 3 aromatic heterocycles. The third kappa shape index (κ3) is 5.14. The molecule has 0 saturated carbocycles. The van der Waals surface area contributed by atoms with Crippen LogP contribution >= 0.6 is 0 Å². The number of nitrogen functional groups attached to an aromatic ring is 1. The van der Waals surface area contributed by atoms with Gasteiger partial charge in [-0.1, -0.05) is 24.6 Å². The van der Waals surface area contributed by atoms with Gasteiger partial charge >= 0.3 is 0 Å². The number of anilines is 1. The molecule has 0 unspecified atom stereocenters. The molecule has 9 nitrogen and oxygen atoms in total. The molecule has 2 fully saturated rings. The van der Waals surface area contributed by atoms with Gasteiger partial charge in [0.2, 0.25) is 5.91 Å². The number of aromatic nitrogens is 4. The summed E-state index contributed by atoms with van der Waals surface area (Å²) in [5.41, 5.74) is 10.7. The number of nitrogens with two attached hydrogens (primary N) is 1. The van der Waals surface area contributed by atoms with Gasteiger partial charge in [-0.15, -0.1) is 0 Å². The number of piperidine rings is 1. The highest BCUT2D eigenvalue weighted by Gasteiger charge is 2.34. The largest absolute Gasteiger partial charge is 0.455 e. The lowest BCUT2D eigenvalue weighted by atomic mass is 9.93. The topological polar surface area (TPSA) is 102 Å². The first-order valence-electron chi connectivity index (χ1n) is 13.9. The van der Waals surface area contributed by atoms with Crippen LogP contribution in [0.5, 0.6) is 11.5 Å². The van der Waals surface area contributed by atoms with E-state index in [9.17, 15) is 4.79 Å². The monoisotopic (exact) mass is 547 g/mol. The Balaban J connectivity index is 1.22. The third-order valence-electron chi connectivity index (χ3n) is 8.10. The average molecular weight is 548 g/mol. The van der Waals surface area contributed by atoms with Crippen LogP contribution in [0.4, 0.5) is 5.82 Å². The Bertz CT molecular complexity index is 1670. The van der Waals surface area contributed by atoms with E-state index in [4.69, 9.17) is 10.5 Å². The van der Waals surface area contributed by atoms with Crippen LogP contribution in [0.2, 0.25) is 0 Å². The van der Waals surface area contributed by atoms with Gasteiger partial charge in [-0.25, -0.2) is 9.97 Å². The summed E-state index contributed by atoms with van der Waals surface area (Å²) in [4.78, 5) is 29.4. The Labute approximate surface area is 239 Å².